The third-order valence-electron chi connectivity index (χ3n) is 2.61. The topological polar surface area (TPSA) is 23.5 Å². The highest BCUT2D eigenvalue weighted by molar-refractivity contribution is 4.82. The van der Waals surface area contributed by atoms with Crippen molar-refractivity contribution in [1.29, 1.82) is 0 Å². The smallest absolute Gasteiger partial charge is 0.0644 e. The molecule has 1 fully saturated rings. The second-order valence-electron chi connectivity index (χ2n) is 4.13. The Morgan fingerprint density at radius 1 is 1.15 bits per heavy atom. The van der Waals surface area contributed by atoms with E-state index in [4.69, 9.17) is 0 Å². The SMILES string of the molecule is CC.CC(C)N1CCC(C)(O)CC1. The number of piperidine rings is 1. The van der Waals surface area contributed by atoms with Gasteiger partial charge in [0.15, 0.2) is 0 Å². The van der Waals surface area contributed by atoms with Crippen LogP contribution in [0.25, 0.3) is 0 Å². The highest BCUT2D eigenvalue weighted by Crippen LogP contribution is 2.21. The fraction of sp³-hybridized carbons (Fsp3) is 1.00. The molecule has 2 heteroatoms. The van der Waals surface area contributed by atoms with Gasteiger partial charge in [0, 0.05) is 19.1 Å². The van der Waals surface area contributed by atoms with Crippen molar-refractivity contribution < 1.29 is 5.11 Å². The lowest BCUT2D eigenvalue weighted by molar-refractivity contribution is -0.0126. The molecule has 0 atom stereocenters. The van der Waals surface area contributed by atoms with Crippen molar-refractivity contribution in [2.45, 2.75) is 59.1 Å². The molecule has 2 nitrogen and oxygen atoms in total. The van der Waals surface area contributed by atoms with E-state index in [2.05, 4.69) is 18.7 Å². The van der Waals surface area contributed by atoms with Crippen LogP contribution in [-0.2, 0) is 0 Å². The Labute approximate surface area is 82.9 Å². The summed E-state index contributed by atoms with van der Waals surface area (Å²) in [5.74, 6) is 0. The molecular formula is C11H25NO. The van der Waals surface area contributed by atoms with Crippen molar-refractivity contribution in [3.05, 3.63) is 0 Å². The molecule has 0 aromatic rings. The van der Waals surface area contributed by atoms with Crippen LogP contribution < -0.4 is 0 Å². The molecule has 0 bridgehead atoms. The summed E-state index contributed by atoms with van der Waals surface area (Å²) in [6.07, 6.45) is 1.84. The first kappa shape index (κ1) is 12.9. The zero-order valence-electron chi connectivity index (χ0n) is 9.80. The Morgan fingerprint density at radius 2 is 1.54 bits per heavy atom. The molecule has 0 radical (unpaired) electrons. The van der Waals surface area contributed by atoms with Crippen LogP contribution in [0.3, 0.4) is 0 Å². The van der Waals surface area contributed by atoms with E-state index in [1.807, 2.05) is 20.8 Å². The van der Waals surface area contributed by atoms with E-state index in [-0.39, 0.29) is 0 Å². The summed E-state index contributed by atoms with van der Waals surface area (Å²) in [7, 11) is 0. The van der Waals surface area contributed by atoms with Gasteiger partial charge in [0.05, 0.1) is 5.60 Å². The molecular weight excluding hydrogens is 162 g/mol. The van der Waals surface area contributed by atoms with Crippen molar-refractivity contribution in [2.75, 3.05) is 13.1 Å². The van der Waals surface area contributed by atoms with Crippen LogP contribution in [0.15, 0.2) is 0 Å². The van der Waals surface area contributed by atoms with Crippen LogP contribution in [0.5, 0.6) is 0 Å². The molecule has 1 aliphatic rings. The molecule has 1 rings (SSSR count). The van der Waals surface area contributed by atoms with Crippen molar-refractivity contribution in [1.82, 2.24) is 4.90 Å². The van der Waals surface area contributed by atoms with Gasteiger partial charge < -0.3 is 10.0 Å². The van der Waals surface area contributed by atoms with Crippen LogP contribution in [0.1, 0.15) is 47.5 Å². The summed E-state index contributed by atoms with van der Waals surface area (Å²) >= 11 is 0. The van der Waals surface area contributed by atoms with Crippen LogP contribution in [0.2, 0.25) is 0 Å². The van der Waals surface area contributed by atoms with Gasteiger partial charge in [-0.25, -0.2) is 0 Å². The Kier molecular flexibility index (Phi) is 5.57. The first-order valence-electron chi connectivity index (χ1n) is 5.48. The molecule has 13 heavy (non-hydrogen) atoms. The van der Waals surface area contributed by atoms with E-state index < -0.39 is 5.60 Å². The lowest BCUT2D eigenvalue weighted by Gasteiger charge is -2.37. The average Bonchev–Trinajstić information content (AvgIpc) is 2.07. The van der Waals surface area contributed by atoms with Crippen molar-refractivity contribution >= 4 is 0 Å². The second kappa shape index (κ2) is 5.61. The Balaban J connectivity index is 0.000000671. The van der Waals surface area contributed by atoms with Crippen LogP contribution in [-0.4, -0.2) is 34.7 Å². The molecule has 80 valence electrons. The predicted octanol–water partition coefficient (Wildman–Crippen LogP) is 2.27. The van der Waals surface area contributed by atoms with Crippen molar-refractivity contribution in [2.24, 2.45) is 0 Å². The Hall–Kier alpha value is -0.0800. The molecule has 0 saturated carbocycles. The maximum atomic E-state index is 9.65. The fourth-order valence-electron chi connectivity index (χ4n) is 1.52. The monoisotopic (exact) mass is 187 g/mol. The van der Waals surface area contributed by atoms with E-state index >= 15 is 0 Å². The minimum Gasteiger partial charge on any atom is -0.390 e. The molecule has 0 spiro atoms. The third kappa shape index (κ3) is 4.63. The first-order chi connectivity index (χ1) is 6.01. The van der Waals surface area contributed by atoms with E-state index in [1.54, 1.807) is 0 Å². The first-order valence-corrected chi connectivity index (χ1v) is 5.48. The number of hydrogen-bond acceptors (Lipinski definition) is 2. The number of likely N-dealkylation sites (tertiary alicyclic amines) is 1. The minimum absolute atomic E-state index is 0.397. The summed E-state index contributed by atoms with van der Waals surface area (Å²) in [6, 6.07) is 0.631. The molecule has 0 aromatic carbocycles. The molecule has 0 aromatic heterocycles. The second-order valence-corrected chi connectivity index (χ2v) is 4.13. The Bertz CT molecular complexity index is 122. The zero-order chi connectivity index (χ0) is 10.5. The van der Waals surface area contributed by atoms with E-state index in [0.717, 1.165) is 25.9 Å². The van der Waals surface area contributed by atoms with Gasteiger partial charge in [0.25, 0.3) is 0 Å². The predicted molar refractivity (Wildman–Crippen MR) is 57.9 cm³/mol. The van der Waals surface area contributed by atoms with Crippen LogP contribution >= 0.6 is 0 Å². The fourth-order valence-corrected chi connectivity index (χ4v) is 1.52. The quantitative estimate of drug-likeness (QED) is 0.680. The van der Waals surface area contributed by atoms with Gasteiger partial charge in [-0.15, -0.1) is 0 Å². The average molecular weight is 187 g/mol. The van der Waals surface area contributed by atoms with E-state index in [1.165, 1.54) is 0 Å². The number of aliphatic hydroxyl groups is 1. The lowest BCUT2D eigenvalue weighted by Crippen LogP contribution is -2.45. The van der Waals surface area contributed by atoms with Crippen LogP contribution in [0, 0.1) is 0 Å². The number of nitrogens with zero attached hydrogens (tertiary/aromatic N) is 1. The Morgan fingerprint density at radius 3 is 1.85 bits per heavy atom. The number of rotatable bonds is 1. The zero-order valence-corrected chi connectivity index (χ0v) is 9.80. The molecule has 0 aliphatic carbocycles. The summed E-state index contributed by atoms with van der Waals surface area (Å²) in [6.45, 7) is 12.4. The third-order valence-corrected chi connectivity index (χ3v) is 2.61. The minimum atomic E-state index is -0.397. The summed E-state index contributed by atoms with van der Waals surface area (Å²) < 4.78 is 0. The van der Waals surface area contributed by atoms with Gasteiger partial charge in [0.1, 0.15) is 0 Å². The molecule has 0 amide bonds. The van der Waals surface area contributed by atoms with Crippen LogP contribution in [0.4, 0.5) is 0 Å². The van der Waals surface area contributed by atoms with Gasteiger partial charge in [-0.2, -0.15) is 0 Å². The molecule has 0 unspecified atom stereocenters. The highest BCUT2D eigenvalue weighted by Gasteiger charge is 2.27. The summed E-state index contributed by atoms with van der Waals surface area (Å²) in [4.78, 5) is 2.41. The van der Waals surface area contributed by atoms with Crippen molar-refractivity contribution in [3.63, 3.8) is 0 Å². The van der Waals surface area contributed by atoms with Gasteiger partial charge in [0.2, 0.25) is 0 Å². The number of hydrogen-bond donors (Lipinski definition) is 1. The molecule has 1 N–H and O–H groups in total. The lowest BCUT2D eigenvalue weighted by atomic mass is 9.93. The van der Waals surface area contributed by atoms with Gasteiger partial charge in [-0.1, -0.05) is 13.8 Å². The summed E-state index contributed by atoms with van der Waals surface area (Å²) in [5, 5.41) is 9.65. The molecule has 1 aliphatic heterocycles. The molecule has 1 saturated heterocycles. The van der Waals surface area contributed by atoms with Crippen molar-refractivity contribution in [3.8, 4) is 0 Å². The van der Waals surface area contributed by atoms with Gasteiger partial charge in [-0.3, -0.25) is 0 Å². The van der Waals surface area contributed by atoms with Gasteiger partial charge >= 0.3 is 0 Å². The normalized spacial score (nSPS) is 22.4. The maximum absolute atomic E-state index is 9.65. The highest BCUT2D eigenvalue weighted by atomic mass is 16.3. The maximum Gasteiger partial charge on any atom is 0.0644 e. The van der Waals surface area contributed by atoms with E-state index in [9.17, 15) is 5.11 Å². The summed E-state index contributed by atoms with van der Waals surface area (Å²) in [5.41, 5.74) is -0.397. The standard InChI is InChI=1S/C9H19NO.C2H6/c1-8(2)10-6-4-9(3,11)5-7-10;1-2/h8,11H,4-7H2,1-3H3;1-2H3. The molecule has 1 heterocycles. The largest absolute Gasteiger partial charge is 0.390 e. The van der Waals surface area contributed by atoms with Gasteiger partial charge in [-0.05, 0) is 33.6 Å². The van der Waals surface area contributed by atoms with E-state index in [0.29, 0.717) is 6.04 Å².